The molecule has 3 saturated carbocycles. The third kappa shape index (κ3) is 5.01. The van der Waals surface area contributed by atoms with Gasteiger partial charge in [0.25, 0.3) is 0 Å². The van der Waals surface area contributed by atoms with Crippen LogP contribution in [0.5, 0.6) is 0 Å². The minimum absolute atomic E-state index is 1.07. The Morgan fingerprint density at radius 1 is 0.500 bits per heavy atom. The lowest BCUT2D eigenvalue weighted by Gasteiger charge is -2.41. The highest BCUT2D eigenvalue weighted by atomic mass is 14.4. The largest absolute Gasteiger partial charge is 0.0654 e. The monoisotopic (exact) mass is 332 g/mol. The lowest BCUT2D eigenvalue weighted by atomic mass is 9.65. The second-order valence-electron chi connectivity index (χ2n) is 9.79. The van der Waals surface area contributed by atoms with Gasteiger partial charge in [0.05, 0.1) is 0 Å². The van der Waals surface area contributed by atoms with Crippen LogP contribution < -0.4 is 0 Å². The Bertz CT molecular complexity index is 322. The molecular weight excluding hydrogens is 288 g/mol. The summed E-state index contributed by atoms with van der Waals surface area (Å²) in [5, 5.41) is 0. The Hall–Kier alpha value is 0. The number of rotatable bonds is 6. The fourth-order valence-corrected chi connectivity index (χ4v) is 6.60. The predicted octanol–water partition coefficient (Wildman–Crippen LogP) is 8.01. The van der Waals surface area contributed by atoms with Gasteiger partial charge < -0.3 is 0 Å². The Morgan fingerprint density at radius 3 is 1.25 bits per heavy atom. The Balaban J connectivity index is 1.35. The van der Waals surface area contributed by atoms with E-state index in [1.807, 2.05) is 0 Å². The molecule has 0 spiro atoms. The molecule has 0 aromatic rings. The average molecular weight is 333 g/mol. The van der Waals surface area contributed by atoms with Gasteiger partial charge in [0.15, 0.2) is 0 Å². The molecule has 0 atom stereocenters. The van der Waals surface area contributed by atoms with Crippen molar-refractivity contribution in [1.82, 2.24) is 0 Å². The molecule has 24 heavy (non-hydrogen) atoms. The molecular formula is C24H44. The summed E-state index contributed by atoms with van der Waals surface area (Å²) in [6.45, 7) is 4.74. The SMILES string of the molecule is CCCCC1CCC(C2CCC(C3CCC(CC)CC3)CC2)CC1. The van der Waals surface area contributed by atoms with Crippen LogP contribution in [0.4, 0.5) is 0 Å². The molecule has 0 amide bonds. The maximum absolute atomic E-state index is 2.40. The van der Waals surface area contributed by atoms with E-state index in [-0.39, 0.29) is 0 Å². The zero-order chi connectivity index (χ0) is 16.8. The molecule has 0 nitrogen and oxygen atoms in total. The van der Waals surface area contributed by atoms with E-state index < -0.39 is 0 Å². The highest BCUT2D eigenvalue weighted by molar-refractivity contribution is 4.85. The van der Waals surface area contributed by atoms with Crippen molar-refractivity contribution in [2.75, 3.05) is 0 Å². The smallest absolute Gasteiger partial charge is 0.0386 e. The van der Waals surface area contributed by atoms with Crippen LogP contribution in [-0.4, -0.2) is 0 Å². The number of unbranched alkanes of at least 4 members (excludes halogenated alkanes) is 1. The minimum atomic E-state index is 1.07. The summed E-state index contributed by atoms with van der Waals surface area (Å²) in [6, 6.07) is 0. The maximum atomic E-state index is 2.40. The van der Waals surface area contributed by atoms with Crippen LogP contribution in [0.3, 0.4) is 0 Å². The van der Waals surface area contributed by atoms with Crippen molar-refractivity contribution in [2.24, 2.45) is 35.5 Å². The lowest BCUT2D eigenvalue weighted by molar-refractivity contribution is 0.103. The number of hydrogen-bond donors (Lipinski definition) is 0. The molecule has 0 aromatic carbocycles. The zero-order valence-electron chi connectivity index (χ0n) is 16.8. The van der Waals surface area contributed by atoms with Gasteiger partial charge in [-0.05, 0) is 86.9 Å². The summed E-state index contributed by atoms with van der Waals surface area (Å²) < 4.78 is 0. The summed E-state index contributed by atoms with van der Waals surface area (Å²) in [5.41, 5.74) is 0. The van der Waals surface area contributed by atoms with Gasteiger partial charge in [0.2, 0.25) is 0 Å². The van der Waals surface area contributed by atoms with E-state index in [4.69, 9.17) is 0 Å². The predicted molar refractivity (Wildman–Crippen MR) is 106 cm³/mol. The quantitative estimate of drug-likeness (QED) is 0.462. The molecule has 0 aromatic heterocycles. The first-order valence-corrected chi connectivity index (χ1v) is 11.8. The van der Waals surface area contributed by atoms with Gasteiger partial charge in [-0.15, -0.1) is 0 Å². The molecule has 140 valence electrons. The van der Waals surface area contributed by atoms with E-state index in [0.717, 1.165) is 35.5 Å². The number of hydrogen-bond acceptors (Lipinski definition) is 0. The summed E-state index contributed by atoms with van der Waals surface area (Å²) >= 11 is 0. The van der Waals surface area contributed by atoms with Crippen LogP contribution in [-0.2, 0) is 0 Å². The summed E-state index contributed by atoms with van der Waals surface area (Å²) in [6.07, 6.45) is 24.7. The van der Waals surface area contributed by atoms with E-state index in [1.54, 1.807) is 77.0 Å². The van der Waals surface area contributed by atoms with Gasteiger partial charge in [0.1, 0.15) is 0 Å². The van der Waals surface area contributed by atoms with E-state index >= 15 is 0 Å². The van der Waals surface area contributed by atoms with Crippen molar-refractivity contribution in [3.8, 4) is 0 Å². The van der Waals surface area contributed by atoms with Gasteiger partial charge in [-0.2, -0.15) is 0 Å². The minimum Gasteiger partial charge on any atom is -0.0654 e. The fraction of sp³-hybridized carbons (Fsp3) is 1.00. The van der Waals surface area contributed by atoms with Gasteiger partial charge in [-0.3, -0.25) is 0 Å². The maximum Gasteiger partial charge on any atom is -0.0386 e. The molecule has 0 radical (unpaired) electrons. The summed E-state index contributed by atoms with van der Waals surface area (Å²) in [7, 11) is 0. The molecule has 0 heteroatoms. The van der Waals surface area contributed by atoms with Crippen molar-refractivity contribution in [1.29, 1.82) is 0 Å². The van der Waals surface area contributed by atoms with Crippen molar-refractivity contribution in [3.63, 3.8) is 0 Å². The molecule has 0 heterocycles. The van der Waals surface area contributed by atoms with Crippen LogP contribution in [0, 0.1) is 35.5 Å². The second kappa shape index (κ2) is 9.63. The molecule has 3 fully saturated rings. The van der Waals surface area contributed by atoms with Crippen molar-refractivity contribution in [3.05, 3.63) is 0 Å². The molecule has 0 saturated heterocycles. The molecule has 0 N–H and O–H groups in total. The zero-order valence-corrected chi connectivity index (χ0v) is 16.8. The first-order chi connectivity index (χ1) is 11.8. The Kier molecular flexibility index (Phi) is 7.54. The van der Waals surface area contributed by atoms with Gasteiger partial charge in [-0.1, -0.05) is 65.2 Å². The highest BCUT2D eigenvalue weighted by Gasteiger charge is 2.34. The van der Waals surface area contributed by atoms with E-state index in [9.17, 15) is 0 Å². The van der Waals surface area contributed by atoms with Crippen LogP contribution in [0.2, 0.25) is 0 Å². The third-order valence-corrected chi connectivity index (χ3v) is 8.48. The normalized spacial score (nSPS) is 41.2. The topological polar surface area (TPSA) is 0 Å². The Morgan fingerprint density at radius 2 is 0.875 bits per heavy atom. The highest BCUT2D eigenvalue weighted by Crippen LogP contribution is 2.46. The van der Waals surface area contributed by atoms with Crippen LogP contribution in [0.25, 0.3) is 0 Å². The van der Waals surface area contributed by atoms with Crippen molar-refractivity contribution in [2.45, 2.75) is 117 Å². The molecule has 0 unspecified atom stereocenters. The molecule has 3 aliphatic carbocycles. The van der Waals surface area contributed by atoms with Crippen molar-refractivity contribution >= 4 is 0 Å². The molecule has 3 rings (SSSR count). The van der Waals surface area contributed by atoms with E-state index in [1.165, 1.54) is 25.7 Å². The van der Waals surface area contributed by atoms with Gasteiger partial charge in [0, 0.05) is 0 Å². The molecule has 3 aliphatic rings. The fourth-order valence-electron chi connectivity index (χ4n) is 6.60. The summed E-state index contributed by atoms with van der Waals surface area (Å²) in [4.78, 5) is 0. The van der Waals surface area contributed by atoms with E-state index in [0.29, 0.717) is 0 Å². The van der Waals surface area contributed by atoms with E-state index in [2.05, 4.69) is 13.8 Å². The van der Waals surface area contributed by atoms with Crippen LogP contribution in [0.1, 0.15) is 117 Å². The second-order valence-corrected chi connectivity index (χ2v) is 9.79. The summed E-state index contributed by atoms with van der Waals surface area (Å²) in [5.74, 6) is 6.60. The van der Waals surface area contributed by atoms with Gasteiger partial charge >= 0.3 is 0 Å². The average Bonchev–Trinajstić information content (AvgIpc) is 2.67. The van der Waals surface area contributed by atoms with Crippen LogP contribution >= 0.6 is 0 Å². The van der Waals surface area contributed by atoms with Crippen LogP contribution in [0.15, 0.2) is 0 Å². The van der Waals surface area contributed by atoms with Gasteiger partial charge in [-0.25, -0.2) is 0 Å². The third-order valence-electron chi connectivity index (χ3n) is 8.48. The van der Waals surface area contributed by atoms with Crippen molar-refractivity contribution < 1.29 is 0 Å². The lowest BCUT2D eigenvalue weighted by Crippen LogP contribution is -2.29. The first kappa shape index (κ1) is 18.8. The Labute approximate surface area is 152 Å². The standard InChI is InChI=1S/C24H44/c1-3-5-6-20-9-13-22(14-10-20)24-17-15-23(16-18-24)21-11-7-19(4-2)8-12-21/h19-24H,3-18H2,1-2H3. The molecule has 0 bridgehead atoms. The molecule has 0 aliphatic heterocycles. The first-order valence-electron chi connectivity index (χ1n) is 11.8.